The van der Waals surface area contributed by atoms with E-state index >= 15 is 0 Å². The van der Waals surface area contributed by atoms with Gasteiger partial charge in [-0.15, -0.1) is 0 Å². The van der Waals surface area contributed by atoms with Gasteiger partial charge in [-0.1, -0.05) is 22.8 Å². The van der Waals surface area contributed by atoms with E-state index in [9.17, 15) is 22.4 Å². The number of benzene rings is 1. The van der Waals surface area contributed by atoms with Gasteiger partial charge in [0, 0.05) is 12.4 Å². The molecule has 7 nitrogen and oxygen atoms in total. The lowest BCUT2D eigenvalue weighted by atomic mass is 10.0. The van der Waals surface area contributed by atoms with E-state index in [0.29, 0.717) is 5.56 Å². The summed E-state index contributed by atoms with van der Waals surface area (Å²) in [4.78, 5) is 16.6. The average molecular weight is 495 g/mol. The van der Waals surface area contributed by atoms with Gasteiger partial charge in [-0.2, -0.15) is 18.3 Å². The molecule has 12 heteroatoms. The second-order valence-electron chi connectivity index (χ2n) is 6.97. The molecule has 0 aliphatic heterocycles. The van der Waals surface area contributed by atoms with Crippen molar-refractivity contribution in [1.29, 1.82) is 0 Å². The van der Waals surface area contributed by atoms with Crippen molar-refractivity contribution in [3.63, 3.8) is 0 Å². The smallest absolute Gasteiger partial charge is 0.433 e. The Kier molecular flexibility index (Phi) is 6.38. The zero-order chi connectivity index (χ0) is 24.5. The summed E-state index contributed by atoms with van der Waals surface area (Å²) in [6.07, 6.45) is -1.10. The van der Waals surface area contributed by atoms with Crippen molar-refractivity contribution in [1.82, 2.24) is 19.9 Å². The second-order valence-corrected chi connectivity index (χ2v) is 7.38. The number of carbonyl (C=O) groups is 1. The van der Waals surface area contributed by atoms with Gasteiger partial charge in [-0.05, 0) is 36.8 Å². The Morgan fingerprint density at radius 1 is 1.21 bits per heavy atom. The fourth-order valence-corrected chi connectivity index (χ4v) is 3.65. The van der Waals surface area contributed by atoms with E-state index in [1.807, 2.05) is 0 Å². The minimum Gasteiger partial charge on any atom is -0.462 e. The third-order valence-corrected chi connectivity index (χ3v) is 5.12. The van der Waals surface area contributed by atoms with Gasteiger partial charge in [0.15, 0.2) is 11.5 Å². The summed E-state index contributed by atoms with van der Waals surface area (Å²) in [5.74, 6) is -2.47. The van der Waals surface area contributed by atoms with E-state index in [2.05, 4.69) is 15.2 Å². The molecule has 3 heterocycles. The van der Waals surface area contributed by atoms with Crippen LogP contribution in [0, 0.1) is 5.82 Å². The van der Waals surface area contributed by atoms with Gasteiger partial charge >= 0.3 is 12.1 Å². The maximum atomic E-state index is 14.6. The Balaban J connectivity index is 1.93. The number of hydrogen-bond acceptors (Lipinski definition) is 6. The first kappa shape index (κ1) is 23.4. The Morgan fingerprint density at radius 2 is 1.94 bits per heavy atom. The van der Waals surface area contributed by atoms with Crippen LogP contribution in [-0.2, 0) is 17.5 Å². The SMILES string of the molecule is CCOC(=O)c1c(-c2c(F)cccc2Cl)noc1-c1cnn(Cc2ccncc2)c1C(F)(F)F. The van der Waals surface area contributed by atoms with Crippen molar-refractivity contribution >= 4 is 17.6 Å². The van der Waals surface area contributed by atoms with Crippen LogP contribution in [0.3, 0.4) is 0 Å². The molecule has 0 radical (unpaired) electrons. The normalized spacial score (nSPS) is 11.6. The minimum absolute atomic E-state index is 0.0959. The maximum Gasteiger partial charge on any atom is 0.433 e. The molecule has 0 fully saturated rings. The molecule has 4 rings (SSSR count). The molecule has 0 saturated heterocycles. The van der Waals surface area contributed by atoms with Crippen molar-refractivity contribution in [2.75, 3.05) is 6.61 Å². The van der Waals surface area contributed by atoms with Crippen LogP contribution in [0.2, 0.25) is 5.02 Å². The Hall–Kier alpha value is -3.73. The third-order valence-electron chi connectivity index (χ3n) is 4.81. The van der Waals surface area contributed by atoms with Gasteiger partial charge in [-0.25, -0.2) is 9.18 Å². The van der Waals surface area contributed by atoms with Gasteiger partial charge < -0.3 is 9.26 Å². The van der Waals surface area contributed by atoms with Crippen LogP contribution in [0.15, 0.2) is 53.4 Å². The minimum atomic E-state index is -4.88. The third kappa shape index (κ3) is 4.38. The number of halogens is 5. The number of esters is 1. The highest BCUT2D eigenvalue weighted by molar-refractivity contribution is 6.33. The lowest BCUT2D eigenvalue weighted by Gasteiger charge is -2.12. The molecule has 34 heavy (non-hydrogen) atoms. The first-order chi connectivity index (χ1) is 16.2. The Morgan fingerprint density at radius 3 is 2.59 bits per heavy atom. The summed E-state index contributed by atoms with van der Waals surface area (Å²) in [5.41, 5.74) is -2.42. The van der Waals surface area contributed by atoms with Gasteiger partial charge in [0.05, 0.1) is 35.5 Å². The largest absolute Gasteiger partial charge is 0.462 e. The predicted molar refractivity (Wildman–Crippen MR) is 112 cm³/mol. The van der Waals surface area contributed by atoms with Crippen LogP contribution >= 0.6 is 11.6 Å². The molecule has 4 aromatic rings. The number of nitrogens with zero attached hydrogens (tertiary/aromatic N) is 4. The first-order valence-corrected chi connectivity index (χ1v) is 10.2. The van der Waals surface area contributed by atoms with Crippen LogP contribution in [-0.4, -0.2) is 32.5 Å². The number of hydrogen-bond donors (Lipinski definition) is 0. The highest BCUT2D eigenvalue weighted by Crippen LogP contribution is 2.42. The molecule has 0 amide bonds. The van der Waals surface area contributed by atoms with Gasteiger partial charge in [-0.3, -0.25) is 9.67 Å². The lowest BCUT2D eigenvalue weighted by Crippen LogP contribution is -2.17. The number of carbonyl (C=O) groups excluding carboxylic acids is 1. The molecule has 0 bridgehead atoms. The number of rotatable bonds is 6. The maximum absolute atomic E-state index is 14.6. The monoisotopic (exact) mass is 494 g/mol. The van der Waals surface area contributed by atoms with E-state index in [-0.39, 0.29) is 29.4 Å². The number of ether oxygens (including phenoxy) is 1. The molecule has 0 atom stereocenters. The molecule has 176 valence electrons. The van der Waals surface area contributed by atoms with Crippen LogP contribution in [0.5, 0.6) is 0 Å². The fourth-order valence-electron chi connectivity index (χ4n) is 3.39. The summed E-state index contributed by atoms with van der Waals surface area (Å²) >= 11 is 6.10. The summed E-state index contributed by atoms with van der Waals surface area (Å²) in [7, 11) is 0. The molecule has 0 N–H and O–H groups in total. The highest BCUT2D eigenvalue weighted by atomic mass is 35.5. The van der Waals surface area contributed by atoms with Crippen molar-refractivity contribution in [3.8, 4) is 22.6 Å². The molecular formula is C22H15ClF4N4O3. The molecule has 3 aromatic heterocycles. The number of pyridine rings is 1. The summed E-state index contributed by atoms with van der Waals surface area (Å²) < 4.78 is 67.9. The first-order valence-electron chi connectivity index (χ1n) is 9.85. The Bertz CT molecular complexity index is 1320. The number of alkyl halides is 3. The molecule has 0 spiro atoms. The molecule has 1 aromatic carbocycles. The van der Waals surface area contributed by atoms with E-state index in [4.69, 9.17) is 20.9 Å². The fraction of sp³-hybridized carbons (Fsp3) is 0.182. The summed E-state index contributed by atoms with van der Waals surface area (Å²) in [6.45, 7) is 1.18. The van der Waals surface area contributed by atoms with Crippen LogP contribution in [0.1, 0.15) is 28.5 Å². The lowest BCUT2D eigenvalue weighted by molar-refractivity contribution is -0.143. The predicted octanol–water partition coefficient (Wildman–Crippen LogP) is 5.64. The van der Waals surface area contributed by atoms with E-state index in [1.54, 1.807) is 0 Å². The van der Waals surface area contributed by atoms with E-state index in [1.165, 1.54) is 43.6 Å². The van der Waals surface area contributed by atoms with E-state index < -0.39 is 40.5 Å². The van der Waals surface area contributed by atoms with Crippen LogP contribution in [0.4, 0.5) is 17.6 Å². The standard InChI is InChI=1S/C22H15ClF4N4O3/c1-2-33-21(32)17-18(16-14(23)4-3-5-15(16)24)30-34-19(17)13-10-29-31(20(13)22(25,26)27)11-12-6-8-28-9-7-12/h3-10H,2,11H2,1H3. The molecule has 0 aliphatic rings. The molecule has 0 saturated carbocycles. The van der Waals surface area contributed by atoms with Crippen LogP contribution < -0.4 is 0 Å². The van der Waals surface area contributed by atoms with Crippen molar-refractivity contribution in [3.05, 3.63) is 76.6 Å². The quantitative estimate of drug-likeness (QED) is 0.255. The topological polar surface area (TPSA) is 83.0 Å². The summed E-state index contributed by atoms with van der Waals surface area (Å²) in [6, 6.07) is 6.82. The highest BCUT2D eigenvalue weighted by Gasteiger charge is 2.42. The molecule has 0 unspecified atom stereocenters. The molecular weight excluding hydrogens is 480 g/mol. The van der Waals surface area contributed by atoms with Crippen molar-refractivity contribution in [2.24, 2.45) is 0 Å². The zero-order valence-electron chi connectivity index (χ0n) is 17.4. The van der Waals surface area contributed by atoms with Crippen molar-refractivity contribution < 1.29 is 31.6 Å². The average Bonchev–Trinajstić information content (AvgIpc) is 3.39. The van der Waals surface area contributed by atoms with Gasteiger partial charge in [0.1, 0.15) is 17.1 Å². The van der Waals surface area contributed by atoms with E-state index in [0.717, 1.165) is 16.9 Å². The summed E-state index contributed by atoms with van der Waals surface area (Å²) in [5, 5.41) is 7.43. The van der Waals surface area contributed by atoms with Crippen molar-refractivity contribution in [2.45, 2.75) is 19.6 Å². The van der Waals surface area contributed by atoms with Crippen LogP contribution in [0.25, 0.3) is 22.6 Å². The Labute approximate surface area is 194 Å². The zero-order valence-corrected chi connectivity index (χ0v) is 18.2. The van der Waals surface area contributed by atoms with Gasteiger partial charge in [0.25, 0.3) is 0 Å². The molecule has 0 aliphatic carbocycles. The second kappa shape index (κ2) is 9.26. The van der Waals surface area contributed by atoms with Gasteiger partial charge in [0.2, 0.25) is 0 Å². The number of aromatic nitrogens is 4.